The Morgan fingerprint density at radius 1 is 1.50 bits per heavy atom. The van der Waals surface area contributed by atoms with Crippen LogP contribution in [0.1, 0.15) is 20.8 Å². The van der Waals surface area contributed by atoms with Crippen LogP contribution in [0.25, 0.3) is 0 Å². The molecule has 70 valence electrons. The molecule has 0 radical (unpaired) electrons. The summed E-state index contributed by atoms with van der Waals surface area (Å²) in [5.41, 5.74) is 0.281. The maximum Gasteiger partial charge on any atom is 0.309 e. The van der Waals surface area contributed by atoms with Crippen molar-refractivity contribution in [2.24, 2.45) is 11.3 Å². The molecular formula is C9H17NO2. The minimum atomic E-state index is -0.653. The number of likely N-dealkylation sites (tertiary alicyclic amines) is 1. The van der Waals surface area contributed by atoms with Crippen molar-refractivity contribution in [2.45, 2.75) is 20.8 Å². The van der Waals surface area contributed by atoms with Crippen molar-refractivity contribution >= 4 is 5.97 Å². The molecule has 3 heteroatoms. The molecule has 3 nitrogen and oxygen atoms in total. The van der Waals surface area contributed by atoms with Gasteiger partial charge < -0.3 is 10.0 Å². The van der Waals surface area contributed by atoms with Gasteiger partial charge >= 0.3 is 5.97 Å². The fourth-order valence-corrected chi connectivity index (χ4v) is 1.53. The van der Waals surface area contributed by atoms with Gasteiger partial charge in [-0.15, -0.1) is 0 Å². The molecule has 0 aliphatic carbocycles. The average molecular weight is 171 g/mol. The SMILES string of the molecule is CC(C)(C)CN1CC(C(=O)O)C1. The van der Waals surface area contributed by atoms with Crippen molar-refractivity contribution in [1.29, 1.82) is 0 Å². The second-order valence-electron chi connectivity index (χ2n) is 4.79. The first-order chi connectivity index (χ1) is 5.38. The molecule has 0 unspecified atom stereocenters. The molecule has 0 aromatic heterocycles. The van der Waals surface area contributed by atoms with E-state index in [9.17, 15) is 4.79 Å². The molecule has 1 heterocycles. The highest BCUT2D eigenvalue weighted by molar-refractivity contribution is 5.71. The van der Waals surface area contributed by atoms with Crippen LogP contribution in [-0.4, -0.2) is 35.6 Å². The van der Waals surface area contributed by atoms with Crippen LogP contribution in [0, 0.1) is 11.3 Å². The molecule has 0 amide bonds. The second-order valence-corrected chi connectivity index (χ2v) is 4.79. The van der Waals surface area contributed by atoms with Gasteiger partial charge in [0.25, 0.3) is 0 Å². The van der Waals surface area contributed by atoms with E-state index in [-0.39, 0.29) is 11.3 Å². The summed E-state index contributed by atoms with van der Waals surface area (Å²) in [7, 11) is 0. The van der Waals surface area contributed by atoms with Gasteiger partial charge in [0.2, 0.25) is 0 Å². The summed E-state index contributed by atoms with van der Waals surface area (Å²) < 4.78 is 0. The lowest BCUT2D eigenvalue weighted by molar-refractivity contribution is -0.148. The molecule has 0 saturated carbocycles. The first-order valence-electron chi connectivity index (χ1n) is 4.34. The Hall–Kier alpha value is -0.570. The zero-order valence-electron chi connectivity index (χ0n) is 8.00. The van der Waals surface area contributed by atoms with E-state index in [1.165, 1.54) is 0 Å². The third-order valence-electron chi connectivity index (χ3n) is 2.00. The zero-order valence-corrected chi connectivity index (χ0v) is 8.00. The Morgan fingerprint density at radius 3 is 2.33 bits per heavy atom. The van der Waals surface area contributed by atoms with Gasteiger partial charge in [-0.05, 0) is 5.41 Å². The van der Waals surface area contributed by atoms with Gasteiger partial charge in [0.1, 0.15) is 0 Å². The van der Waals surface area contributed by atoms with Crippen molar-refractivity contribution in [3.8, 4) is 0 Å². The van der Waals surface area contributed by atoms with Crippen LogP contribution >= 0.6 is 0 Å². The molecule has 0 aromatic carbocycles. The van der Waals surface area contributed by atoms with E-state index < -0.39 is 5.97 Å². The first kappa shape index (κ1) is 9.52. The molecule has 0 aromatic rings. The number of carboxylic acid groups (broad SMARTS) is 1. The molecule has 1 rings (SSSR count). The van der Waals surface area contributed by atoms with Crippen molar-refractivity contribution in [3.63, 3.8) is 0 Å². The van der Waals surface area contributed by atoms with Gasteiger partial charge in [0.05, 0.1) is 5.92 Å². The van der Waals surface area contributed by atoms with Crippen LogP contribution in [0.15, 0.2) is 0 Å². The van der Waals surface area contributed by atoms with Gasteiger partial charge in [-0.2, -0.15) is 0 Å². The summed E-state index contributed by atoms with van der Waals surface area (Å²) in [5.74, 6) is -0.771. The zero-order chi connectivity index (χ0) is 9.35. The summed E-state index contributed by atoms with van der Waals surface area (Å²) in [6.45, 7) is 8.96. The molecule has 0 atom stereocenters. The monoisotopic (exact) mass is 171 g/mol. The Bertz CT molecular complexity index is 177. The van der Waals surface area contributed by atoms with E-state index >= 15 is 0 Å². The van der Waals surface area contributed by atoms with Crippen LogP contribution in [0.5, 0.6) is 0 Å². The summed E-state index contributed by atoms with van der Waals surface area (Å²) >= 11 is 0. The molecular weight excluding hydrogens is 154 g/mol. The van der Waals surface area contributed by atoms with E-state index in [0.29, 0.717) is 0 Å². The fraction of sp³-hybridized carbons (Fsp3) is 0.889. The molecule has 12 heavy (non-hydrogen) atoms. The standard InChI is InChI=1S/C9H17NO2/c1-9(2,3)6-10-4-7(5-10)8(11)12/h7H,4-6H2,1-3H3,(H,11,12). The Balaban J connectivity index is 2.22. The van der Waals surface area contributed by atoms with Crippen LogP contribution in [0.3, 0.4) is 0 Å². The number of hydrogen-bond donors (Lipinski definition) is 1. The molecule has 1 aliphatic heterocycles. The van der Waals surface area contributed by atoms with Crippen molar-refractivity contribution in [2.75, 3.05) is 19.6 Å². The van der Waals surface area contributed by atoms with E-state index in [1.807, 2.05) is 0 Å². The average Bonchev–Trinajstić information content (AvgIpc) is 1.74. The van der Waals surface area contributed by atoms with Crippen molar-refractivity contribution in [3.05, 3.63) is 0 Å². The van der Waals surface area contributed by atoms with E-state index in [2.05, 4.69) is 25.7 Å². The van der Waals surface area contributed by atoms with E-state index in [1.54, 1.807) is 0 Å². The number of carboxylic acids is 1. The Kier molecular flexibility index (Phi) is 2.42. The number of carbonyl (C=O) groups is 1. The Labute approximate surface area is 73.4 Å². The molecule has 1 aliphatic rings. The molecule has 1 fully saturated rings. The quantitative estimate of drug-likeness (QED) is 0.675. The predicted molar refractivity (Wildman–Crippen MR) is 47.0 cm³/mol. The van der Waals surface area contributed by atoms with E-state index in [4.69, 9.17) is 5.11 Å². The lowest BCUT2D eigenvalue weighted by Gasteiger charge is -2.40. The third kappa shape index (κ3) is 2.48. The second kappa shape index (κ2) is 3.05. The molecule has 0 spiro atoms. The minimum Gasteiger partial charge on any atom is -0.481 e. The third-order valence-corrected chi connectivity index (χ3v) is 2.00. The highest BCUT2D eigenvalue weighted by Gasteiger charge is 2.33. The summed E-state index contributed by atoms with van der Waals surface area (Å²) in [4.78, 5) is 12.7. The van der Waals surface area contributed by atoms with Gasteiger partial charge in [0.15, 0.2) is 0 Å². The fourth-order valence-electron chi connectivity index (χ4n) is 1.53. The van der Waals surface area contributed by atoms with Gasteiger partial charge in [0, 0.05) is 19.6 Å². The lowest BCUT2D eigenvalue weighted by Crippen LogP contribution is -2.52. The lowest BCUT2D eigenvalue weighted by atomic mass is 9.91. The van der Waals surface area contributed by atoms with E-state index in [0.717, 1.165) is 19.6 Å². The summed E-state index contributed by atoms with van der Waals surface area (Å²) in [6, 6.07) is 0. The number of aliphatic carboxylic acids is 1. The highest BCUT2D eigenvalue weighted by atomic mass is 16.4. The molecule has 1 saturated heterocycles. The molecule has 0 bridgehead atoms. The maximum atomic E-state index is 10.5. The largest absolute Gasteiger partial charge is 0.481 e. The smallest absolute Gasteiger partial charge is 0.309 e. The predicted octanol–water partition coefficient (Wildman–Crippen LogP) is 1.05. The summed E-state index contributed by atoms with van der Waals surface area (Å²) in [5, 5.41) is 8.62. The van der Waals surface area contributed by atoms with Crippen LogP contribution in [-0.2, 0) is 4.79 Å². The first-order valence-corrected chi connectivity index (χ1v) is 4.34. The summed E-state index contributed by atoms with van der Waals surface area (Å²) in [6.07, 6.45) is 0. The van der Waals surface area contributed by atoms with Crippen LogP contribution in [0.2, 0.25) is 0 Å². The number of hydrogen-bond acceptors (Lipinski definition) is 2. The topological polar surface area (TPSA) is 40.5 Å². The van der Waals surface area contributed by atoms with Crippen LogP contribution < -0.4 is 0 Å². The number of nitrogens with zero attached hydrogens (tertiary/aromatic N) is 1. The highest BCUT2D eigenvalue weighted by Crippen LogP contribution is 2.22. The van der Waals surface area contributed by atoms with Gasteiger partial charge in [-0.25, -0.2) is 0 Å². The normalized spacial score (nSPS) is 20.6. The molecule has 1 N–H and O–H groups in total. The maximum absolute atomic E-state index is 10.5. The van der Waals surface area contributed by atoms with Crippen molar-refractivity contribution < 1.29 is 9.90 Å². The Morgan fingerprint density at radius 2 is 2.00 bits per heavy atom. The van der Waals surface area contributed by atoms with Gasteiger partial charge in [-0.3, -0.25) is 4.79 Å². The van der Waals surface area contributed by atoms with Crippen LogP contribution in [0.4, 0.5) is 0 Å². The van der Waals surface area contributed by atoms with Crippen molar-refractivity contribution in [1.82, 2.24) is 4.90 Å². The van der Waals surface area contributed by atoms with Gasteiger partial charge in [-0.1, -0.05) is 20.8 Å². The number of rotatable bonds is 2. The minimum absolute atomic E-state index is 0.118.